The summed E-state index contributed by atoms with van der Waals surface area (Å²) in [6.45, 7) is 1.64. The molecule has 0 unspecified atom stereocenters. The van der Waals surface area contributed by atoms with Crippen LogP contribution in [0.25, 0.3) is 0 Å². The molecule has 3 N–H and O–H groups in total. The third kappa shape index (κ3) is 4.01. The van der Waals surface area contributed by atoms with Gasteiger partial charge in [-0.05, 0) is 30.7 Å². The van der Waals surface area contributed by atoms with Crippen LogP contribution in [0, 0.1) is 10.1 Å². The number of rotatable bonds is 5. The Bertz CT molecular complexity index is 777. The van der Waals surface area contributed by atoms with E-state index in [1.54, 1.807) is 19.1 Å². The second-order valence-corrected chi connectivity index (χ2v) is 5.61. The van der Waals surface area contributed by atoms with E-state index in [9.17, 15) is 25.4 Å². The zero-order valence-corrected chi connectivity index (χ0v) is 13.4. The first kappa shape index (κ1) is 17.7. The van der Waals surface area contributed by atoms with E-state index in [-0.39, 0.29) is 16.3 Å². The fraction of sp³-hybridized carbons (Fsp3) is 0.188. The number of aromatic hydroxyl groups is 2. The molecule has 0 saturated carbocycles. The van der Waals surface area contributed by atoms with E-state index in [0.717, 1.165) is 6.07 Å². The number of halogens is 1. The fourth-order valence-electron chi connectivity index (χ4n) is 2.07. The Morgan fingerprint density at radius 1 is 1.25 bits per heavy atom. The first-order valence-corrected chi connectivity index (χ1v) is 7.34. The molecule has 2 rings (SSSR count). The number of benzene rings is 2. The van der Waals surface area contributed by atoms with E-state index in [2.05, 4.69) is 4.99 Å². The van der Waals surface area contributed by atoms with Crippen molar-refractivity contribution in [3.63, 3.8) is 0 Å². The number of hydrogen-bond acceptors (Lipinski definition) is 6. The Morgan fingerprint density at radius 3 is 2.46 bits per heavy atom. The predicted octanol–water partition coefficient (Wildman–Crippen LogP) is 3.20. The van der Waals surface area contributed by atoms with Crippen molar-refractivity contribution in [3.05, 3.63) is 62.7 Å². The van der Waals surface area contributed by atoms with E-state index in [4.69, 9.17) is 11.6 Å². The quantitative estimate of drug-likeness (QED) is 0.435. The molecule has 7 nitrogen and oxygen atoms in total. The largest absolute Gasteiger partial charge is 0.508 e. The molecule has 0 spiro atoms. The van der Waals surface area contributed by atoms with Crippen LogP contribution < -0.4 is 0 Å². The van der Waals surface area contributed by atoms with Gasteiger partial charge in [0.05, 0.1) is 11.0 Å². The molecule has 2 aromatic rings. The Labute approximate surface area is 142 Å². The third-order valence-electron chi connectivity index (χ3n) is 3.42. The lowest BCUT2D eigenvalue weighted by Gasteiger charge is -2.15. The minimum Gasteiger partial charge on any atom is -0.508 e. The lowest BCUT2D eigenvalue weighted by molar-refractivity contribution is -0.385. The van der Waals surface area contributed by atoms with Crippen molar-refractivity contribution in [2.24, 2.45) is 4.99 Å². The SMILES string of the molecule is C[C@H](N=Cc1cc(Cl)cc([N+](=O)[O-])c1O)[C@H](O)c1ccc(O)cc1. The van der Waals surface area contributed by atoms with Crippen LogP contribution in [0.4, 0.5) is 5.69 Å². The minimum atomic E-state index is -0.946. The van der Waals surface area contributed by atoms with Gasteiger partial charge in [0.1, 0.15) is 11.9 Å². The number of hydrogen-bond donors (Lipinski definition) is 3. The van der Waals surface area contributed by atoms with Crippen LogP contribution in [-0.4, -0.2) is 32.5 Å². The molecule has 2 aromatic carbocycles. The fourth-order valence-corrected chi connectivity index (χ4v) is 2.29. The summed E-state index contributed by atoms with van der Waals surface area (Å²) >= 11 is 5.80. The summed E-state index contributed by atoms with van der Waals surface area (Å²) in [5.74, 6) is -0.460. The maximum Gasteiger partial charge on any atom is 0.312 e. The first-order chi connectivity index (χ1) is 11.3. The molecular weight excluding hydrogens is 336 g/mol. The van der Waals surface area contributed by atoms with E-state index >= 15 is 0 Å². The number of aliphatic hydroxyl groups is 1. The molecule has 8 heteroatoms. The number of nitro groups is 1. The highest BCUT2D eigenvalue weighted by Crippen LogP contribution is 2.32. The molecule has 0 aliphatic heterocycles. The minimum absolute atomic E-state index is 0.0817. The number of phenolic OH excluding ortho intramolecular Hbond substituents is 2. The van der Waals surface area contributed by atoms with Crippen molar-refractivity contribution in [1.82, 2.24) is 0 Å². The van der Waals surface area contributed by atoms with Crippen molar-refractivity contribution < 1.29 is 20.2 Å². The molecule has 0 fully saturated rings. The lowest BCUT2D eigenvalue weighted by atomic mass is 10.0. The molecule has 0 aliphatic rings. The van der Waals surface area contributed by atoms with Gasteiger partial charge in [-0.3, -0.25) is 15.1 Å². The van der Waals surface area contributed by atoms with Gasteiger partial charge >= 0.3 is 5.69 Å². The Hall–Kier alpha value is -2.64. The summed E-state index contributed by atoms with van der Waals surface area (Å²) in [6, 6.07) is 7.81. The van der Waals surface area contributed by atoms with E-state index in [1.807, 2.05) is 0 Å². The predicted molar refractivity (Wildman–Crippen MR) is 89.9 cm³/mol. The van der Waals surface area contributed by atoms with Crippen LogP contribution in [0.15, 0.2) is 41.4 Å². The summed E-state index contributed by atoms with van der Waals surface area (Å²) in [7, 11) is 0. The monoisotopic (exact) mass is 350 g/mol. The topological polar surface area (TPSA) is 116 Å². The number of aliphatic imine (C=N–C) groups is 1. The van der Waals surface area contributed by atoms with Crippen LogP contribution in [0.1, 0.15) is 24.2 Å². The molecule has 0 heterocycles. The van der Waals surface area contributed by atoms with Crippen molar-refractivity contribution >= 4 is 23.5 Å². The molecule has 2 atom stereocenters. The van der Waals surface area contributed by atoms with Crippen molar-refractivity contribution in [3.8, 4) is 11.5 Å². The molecule has 0 saturated heterocycles. The summed E-state index contributed by atoms with van der Waals surface area (Å²) < 4.78 is 0. The maximum absolute atomic E-state index is 10.9. The van der Waals surface area contributed by atoms with Gasteiger partial charge in [-0.15, -0.1) is 0 Å². The van der Waals surface area contributed by atoms with Crippen molar-refractivity contribution in [2.45, 2.75) is 19.1 Å². The summed E-state index contributed by atoms with van der Waals surface area (Å²) in [5.41, 5.74) is 0.119. The molecule has 0 bridgehead atoms. The van der Waals surface area contributed by atoms with Gasteiger partial charge in [0, 0.05) is 22.9 Å². The van der Waals surface area contributed by atoms with Crippen LogP contribution in [0.2, 0.25) is 5.02 Å². The van der Waals surface area contributed by atoms with Crippen LogP contribution in [-0.2, 0) is 0 Å². The molecule has 24 heavy (non-hydrogen) atoms. The number of phenols is 2. The Balaban J connectivity index is 2.24. The molecule has 126 valence electrons. The average molecular weight is 351 g/mol. The molecule has 0 aliphatic carbocycles. The zero-order valence-electron chi connectivity index (χ0n) is 12.6. The molecule has 0 amide bonds. The second kappa shape index (κ2) is 7.29. The first-order valence-electron chi connectivity index (χ1n) is 6.96. The van der Waals surface area contributed by atoms with Gasteiger partial charge < -0.3 is 15.3 Å². The Morgan fingerprint density at radius 2 is 1.88 bits per heavy atom. The van der Waals surface area contributed by atoms with Crippen LogP contribution >= 0.6 is 11.6 Å². The summed E-state index contributed by atoms with van der Waals surface area (Å²) in [5, 5.41) is 40.3. The average Bonchev–Trinajstić information content (AvgIpc) is 2.54. The Kier molecular flexibility index (Phi) is 5.38. The van der Waals surface area contributed by atoms with Crippen molar-refractivity contribution in [2.75, 3.05) is 0 Å². The maximum atomic E-state index is 10.9. The van der Waals surface area contributed by atoms with Gasteiger partial charge in [0.15, 0.2) is 0 Å². The van der Waals surface area contributed by atoms with Gasteiger partial charge in [-0.25, -0.2) is 0 Å². The van der Waals surface area contributed by atoms with Gasteiger partial charge in [0.25, 0.3) is 0 Å². The smallest absolute Gasteiger partial charge is 0.312 e. The highest BCUT2D eigenvalue weighted by Gasteiger charge is 2.19. The molecule has 0 radical (unpaired) electrons. The van der Waals surface area contributed by atoms with E-state index in [0.29, 0.717) is 5.56 Å². The molecule has 0 aromatic heterocycles. The number of aliphatic hydroxyl groups excluding tert-OH is 1. The lowest BCUT2D eigenvalue weighted by Crippen LogP contribution is -2.12. The van der Waals surface area contributed by atoms with Crippen LogP contribution in [0.5, 0.6) is 11.5 Å². The summed E-state index contributed by atoms with van der Waals surface area (Å²) in [6.07, 6.45) is 0.279. The zero-order chi connectivity index (χ0) is 17.9. The highest BCUT2D eigenvalue weighted by molar-refractivity contribution is 6.31. The van der Waals surface area contributed by atoms with Crippen LogP contribution in [0.3, 0.4) is 0 Å². The normalized spacial score (nSPS) is 13.8. The van der Waals surface area contributed by atoms with E-state index in [1.165, 1.54) is 24.4 Å². The standard InChI is InChI=1S/C16H15ClN2O5/c1-9(15(21)10-2-4-13(20)5-3-10)18-8-11-6-12(17)7-14(16(11)22)19(23)24/h2-9,15,20-22H,1H3/t9-,15-/m0/s1. The van der Waals surface area contributed by atoms with Gasteiger partial charge in [-0.1, -0.05) is 23.7 Å². The second-order valence-electron chi connectivity index (χ2n) is 5.18. The third-order valence-corrected chi connectivity index (χ3v) is 3.64. The number of nitrogens with zero attached hydrogens (tertiary/aromatic N) is 2. The van der Waals surface area contributed by atoms with Gasteiger partial charge in [0.2, 0.25) is 5.75 Å². The summed E-state index contributed by atoms with van der Waals surface area (Å²) in [4.78, 5) is 14.2. The van der Waals surface area contributed by atoms with E-state index < -0.39 is 28.5 Å². The van der Waals surface area contributed by atoms with Crippen molar-refractivity contribution in [1.29, 1.82) is 0 Å². The molecular formula is C16H15ClN2O5. The highest BCUT2D eigenvalue weighted by atomic mass is 35.5. The van der Waals surface area contributed by atoms with Gasteiger partial charge in [-0.2, -0.15) is 0 Å². The number of nitro benzene ring substituents is 1.